The third-order valence-corrected chi connectivity index (χ3v) is 9.24. The molecule has 0 radical (unpaired) electrons. The lowest BCUT2D eigenvalue weighted by molar-refractivity contribution is -0.202. The Morgan fingerprint density at radius 2 is 1.30 bits per heavy atom. The molecule has 0 heterocycles. The van der Waals surface area contributed by atoms with Gasteiger partial charge in [-0.05, 0) is 98.8 Å². The molecule has 0 saturated heterocycles. The van der Waals surface area contributed by atoms with Gasteiger partial charge in [-0.15, -0.1) is 0 Å². The van der Waals surface area contributed by atoms with Crippen LogP contribution in [-0.2, 0) is 19.2 Å². The molecule has 222 valence electrons. The minimum atomic E-state index is -2.45. The summed E-state index contributed by atoms with van der Waals surface area (Å²) < 4.78 is 0. The van der Waals surface area contributed by atoms with Crippen molar-refractivity contribution in [2.75, 3.05) is 0 Å². The second kappa shape index (κ2) is 12.2. The summed E-state index contributed by atoms with van der Waals surface area (Å²) in [4.78, 5) is 58.9. The van der Waals surface area contributed by atoms with Gasteiger partial charge in [-0.1, -0.05) is 67.4 Å². The first kappa shape index (κ1) is 33.8. The van der Waals surface area contributed by atoms with E-state index in [1.165, 1.54) is 0 Å². The molecule has 5 atom stereocenters. The van der Waals surface area contributed by atoms with E-state index >= 15 is 4.79 Å². The number of carbonyl (C=O) groups is 4. The number of rotatable bonds is 11. The average molecular weight is 553 g/mol. The summed E-state index contributed by atoms with van der Waals surface area (Å²) in [5, 5.41) is 12.2. The summed E-state index contributed by atoms with van der Waals surface area (Å²) >= 11 is 0. The van der Waals surface area contributed by atoms with Gasteiger partial charge in [0.15, 0.2) is 34.1 Å². The lowest BCUT2D eigenvalue weighted by atomic mass is 9.35. The van der Waals surface area contributed by atoms with Crippen molar-refractivity contribution in [3.63, 3.8) is 0 Å². The van der Waals surface area contributed by atoms with Gasteiger partial charge in [-0.25, -0.2) is 0 Å². The molecule has 2 fully saturated rings. The molecule has 2 rings (SSSR count). The van der Waals surface area contributed by atoms with Crippen LogP contribution in [-0.4, -0.2) is 33.8 Å². The number of hydrogen-bond acceptors (Lipinski definition) is 5. The van der Waals surface area contributed by atoms with Crippen molar-refractivity contribution in [3.05, 3.63) is 46.6 Å². The van der Waals surface area contributed by atoms with Gasteiger partial charge in [0.05, 0.1) is 5.41 Å². The highest BCUT2D eigenvalue weighted by Gasteiger charge is 2.81. The molecule has 0 aromatic rings. The molecule has 0 spiro atoms. The number of ketones is 4. The van der Waals surface area contributed by atoms with Crippen molar-refractivity contribution in [1.29, 1.82) is 0 Å². The predicted molar refractivity (Wildman–Crippen MR) is 162 cm³/mol. The smallest absolute Gasteiger partial charge is 0.193 e. The van der Waals surface area contributed by atoms with E-state index in [-0.39, 0.29) is 25.2 Å². The molecule has 2 bridgehead atoms. The first-order valence-electron chi connectivity index (χ1n) is 14.8. The Hall–Kier alpha value is -2.40. The first-order valence-corrected chi connectivity index (χ1v) is 14.8. The van der Waals surface area contributed by atoms with Crippen LogP contribution < -0.4 is 0 Å². The third kappa shape index (κ3) is 5.55. The van der Waals surface area contributed by atoms with Crippen molar-refractivity contribution >= 4 is 23.1 Å². The van der Waals surface area contributed by atoms with Crippen LogP contribution in [0.1, 0.15) is 115 Å². The highest BCUT2D eigenvalue weighted by Crippen LogP contribution is 2.67. The SMILES string of the molecule is CC(C)=CCCC1(C)C(CC=C(C)C)CC2(CC=C(C)C)C(=O)C(O)(CC=C(C)C)C(=O)C1(C(=O)C(C)C)C2=O. The van der Waals surface area contributed by atoms with Crippen molar-refractivity contribution in [1.82, 2.24) is 0 Å². The number of allylic oxidation sites excluding steroid dienone is 7. The van der Waals surface area contributed by atoms with Crippen molar-refractivity contribution < 1.29 is 24.3 Å². The lowest BCUT2D eigenvalue weighted by Gasteiger charge is -2.63. The molecule has 0 aliphatic heterocycles. The monoisotopic (exact) mass is 552 g/mol. The Labute approximate surface area is 242 Å². The molecule has 2 saturated carbocycles. The Bertz CT molecular complexity index is 1150. The fourth-order valence-corrected chi connectivity index (χ4v) is 6.93. The zero-order valence-electron chi connectivity index (χ0n) is 26.8. The normalized spacial score (nSPS) is 31.5. The van der Waals surface area contributed by atoms with Gasteiger partial charge >= 0.3 is 0 Å². The number of aliphatic hydroxyl groups is 1. The molecular formula is C35H52O5. The van der Waals surface area contributed by atoms with Gasteiger partial charge in [0.1, 0.15) is 0 Å². The Kier molecular flexibility index (Phi) is 10.3. The lowest BCUT2D eigenvalue weighted by Crippen LogP contribution is -2.79. The van der Waals surface area contributed by atoms with E-state index in [2.05, 4.69) is 12.2 Å². The van der Waals surface area contributed by atoms with Gasteiger partial charge in [0, 0.05) is 12.3 Å². The second-order valence-corrected chi connectivity index (χ2v) is 13.8. The fourth-order valence-electron chi connectivity index (χ4n) is 6.93. The largest absolute Gasteiger partial charge is 0.374 e. The quantitative estimate of drug-likeness (QED) is 0.212. The highest BCUT2D eigenvalue weighted by molar-refractivity contribution is 6.41. The number of fused-ring (bicyclic) bond motifs is 2. The summed E-state index contributed by atoms with van der Waals surface area (Å²) in [6, 6.07) is 0. The van der Waals surface area contributed by atoms with Gasteiger partial charge in [-0.2, -0.15) is 0 Å². The molecule has 0 aromatic heterocycles. The van der Waals surface area contributed by atoms with Crippen LogP contribution >= 0.6 is 0 Å². The number of Topliss-reactive ketones (excluding diaryl/α,β-unsaturated/α-hetero) is 4. The van der Waals surface area contributed by atoms with Gasteiger partial charge in [0.25, 0.3) is 0 Å². The molecule has 5 nitrogen and oxygen atoms in total. The Morgan fingerprint density at radius 1 is 0.800 bits per heavy atom. The van der Waals surface area contributed by atoms with Crippen molar-refractivity contribution in [3.8, 4) is 0 Å². The van der Waals surface area contributed by atoms with Crippen LogP contribution in [0.4, 0.5) is 0 Å². The molecule has 2 aliphatic rings. The molecule has 5 unspecified atom stereocenters. The van der Waals surface area contributed by atoms with E-state index in [1.54, 1.807) is 19.9 Å². The maximum absolute atomic E-state index is 15.0. The molecule has 1 N–H and O–H groups in total. The molecular weight excluding hydrogens is 500 g/mol. The highest BCUT2D eigenvalue weighted by atomic mass is 16.3. The summed E-state index contributed by atoms with van der Waals surface area (Å²) in [6.45, 7) is 20.8. The maximum Gasteiger partial charge on any atom is 0.193 e. The summed E-state index contributed by atoms with van der Waals surface area (Å²) in [6.07, 6.45) is 9.24. The van der Waals surface area contributed by atoms with Gasteiger partial charge in [-0.3, -0.25) is 19.2 Å². The molecule has 40 heavy (non-hydrogen) atoms. The molecule has 0 amide bonds. The number of hydrogen-bond donors (Lipinski definition) is 1. The second-order valence-electron chi connectivity index (χ2n) is 13.8. The summed E-state index contributed by atoms with van der Waals surface area (Å²) in [5.41, 5.74) is -3.35. The zero-order valence-corrected chi connectivity index (χ0v) is 26.8. The Morgan fingerprint density at radius 3 is 1.77 bits per heavy atom. The third-order valence-electron chi connectivity index (χ3n) is 9.24. The van der Waals surface area contributed by atoms with Gasteiger partial charge < -0.3 is 5.11 Å². The van der Waals surface area contributed by atoms with Crippen LogP contribution in [0.2, 0.25) is 0 Å². The van der Waals surface area contributed by atoms with Crippen molar-refractivity contribution in [2.24, 2.45) is 28.1 Å². The maximum atomic E-state index is 15.0. The van der Waals surface area contributed by atoms with E-state index in [0.29, 0.717) is 19.3 Å². The predicted octanol–water partition coefficient (Wildman–Crippen LogP) is 7.48. The standard InChI is InChI=1S/C35H52O5/c1-22(2)13-12-18-32(11)27(15-14-23(3)4)21-33(19-16-24(5)6)29(37)34(40,20-17-25(7)8)31(39)35(32,30(33)38)28(36)26(9)10/h13-14,16-17,26-27,40H,12,15,18-21H2,1-11H3. The van der Waals surface area contributed by atoms with Crippen LogP contribution in [0, 0.1) is 28.1 Å². The fraction of sp³-hybridized carbons (Fsp3) is 0.657. The molecule has 2 aliphatic carbocycles. The van der Waals surface area contributed by atoms with Crippen LogP contribution in [0.3, 0.4) is 0 Å². The molecule has 0 aromatic carbocycles. The first-order chi connectivity index (χ1) is 18.3. The van der Waals surface area contributed by atoms with Crippen LogP contribution in [0.5, 0.6) is 0 Å². The van der Waals surface area contributed by atoms with E-state index in [0.717, 1.165) is 22.3 Å². The van der Waals surface area contributed by atoms with Gasteiger partial charge in [0.2, 0.25) is 0 Å². The topological polar surface area (TPSA) is 88.5 Å². The van der Waals surface area contributed by atoms with Crippen molar-refractivity contribution in [2.45, 2.75) is 120 Å². The average Bonchev–Trinajstić information content (AvgIpc) is 2.84. The van der Waals surface area contributed by atoms with E-state index < -0.39 is 50.9 Å². The minimum Gasteiger partial charge on any atom is -0.374 e. The van der Waals surface area contributed by atoms with Crippen LogP contribution in [0.25, 0.3) is 0 Å². The molecule has 5 heteroatoms. The van der Waals surface area contributed by atoms with E-state index in [4.69, 9.17) is 0 Å². The Balaban J connectivity index is 3.12. The van der Waals surface area contributed by atoms with Crippen LogP contribution in [0.15, 0.2) is 46.6 Å². The zero-order chi connectivity index (χ0) is 30.8. The summed E-state index contributed by atoms with van der Waals surface area (Å²) in [5.74, 6) is -3.67. The summed E-state index contributed by atoms with van der Waals surface area (Å²) in [7, 11) is 0. The number of carbonyl (C=O) groups excluding carboxylic acids is 4. The minimum absolute atomic E-state index is 0.0694. The van der Waals surface area contributed by atoms with E-state index in [1.807, 2.05) is 68.4 Å². The van der Waals surface area contributed by atoms with E-state index in [9.17, 15) is 19.5 Å².